The van der Waals surface area contributed by atoms with Gasteiger partial charge in [-0.3, -0.25) is 10.5 Å². The fourth-order valence-corrected chi connectivity index (χ4v) is 1.24. The fraction of sp³-hybridized carbons (Fsp3) is 0.889. The number of hydrogen-bond acceptors (Lipinski definition) is 5. The summed E-state index contributed by atoms with van der Waals surface area (Å²) in [6.45, 7) is 2.01. The zero-order valence-corrected chi connectivity index (χ0v) is 8.76. The maximum absolute atomic E-state index is 10.5. The van der Waals surface area contributed by atoms with E-state index in [0.29, 0.717) is 12.8 Å². The first-order valence-electron chi connectivity index (χ1n) is 4.98. The highest BCUT2D eigenvalue weighted by Gasteiger charge is 2.20. The van der Waals surface area contributed by atoms with Crippen molar-refractivity contribution in [1.29, 1.82) is 0 Å². The Bertz CT molecular complexity index is 172. The average molecular weight is 222 g/mol. The molecule has 2 atom stereocenters. The largest absolute Gasteiger partial charge is 0.479 e. The third kappa shape index (κ3) is 6.40. The molecule has 0 spiro atoms. The summed E-state index contributed by atoms with van der Waals surface area (Å²) in [5, 5.41) is 25.3. The summed E-state index contributed by atoms with van der Waals surface area (Å²) in [4.78, 5) is 18.4. The molecule has 0 aromatic rings. The molecule has 15 heavy (non-hydrogen) atoms. The monoisotopic (exact) mass is 222 g/mol. The molecule has 0 aromatic heterocycles. The molecule has 0 aliphatic carbocycles. The number of hydrogen-bond donors (Lipinski definition) is 3. The van der Waals surface area contributed by atoms with Gasteiger partial charge in [0.15, 0.2) is 6.10 Å². The van der Waals surface area contributed by atoms with E-state index >= 15 is 0 Å². The van der Waals surface area contributed by atoms with Crippen molar-refractivity contribution in [3.63, 3.8) is 0 Å². The number of rotatable bonds is 9. The lowest BCUT2D eigenvalue weighted by Crippen LogP contribution is -2.25. The summed E-state index contributed by atoms with van der Waals surface area (Å²) in [7, 11) is 0. The van der Waals surface area contributed by atoms with Gasteiger partial charge in [0.2, 0.25) is 0 Å². The molecular weight excluding hydrogens is 204 g/mol. The van der Waals surface area contributed by atoms with E-state index < -0.39 is 18.2 Å². The van der Waals surface area contributed by atoms with Gasteiger partial charge in [0.05, 0.1) is 6.10 Å². The van der Waals surface area contributed by atoms with Crippen molar-refractivity contribution in [2.45, 2.75) is 51.2 Å². The Morgan fingerprint density at radius 2 is 1.87 bits per heavy atom. The van der Waals surface area contributed by atoms with Crippen molar-refractivity contribution >= 4 is 5.97 Å². The second-order valence-corrected chi connectivity index (χ2v) is 3.38. The molecule has 0 aromatic carbocycles. The van der Waals surface area contributed by atoms with Crippen molar-refractivity contribution in [2.75, 3.05) is 0 Å². The van der Waals surface area contributed by atoms with E-state index in [4.69, 9.17) is 15.6 Å². The predicted molar refractivity (Wildman–Crippen MR) is 51.4 cm³/mol. The number of aliphatic carboxylic acids is 1. The second kappa shape index (κ2) is 8.60. The average Bonchev–Trinajstić information content (AvgIpc) is 2.23. The highest BCUT2D eigenvalue weighted by Crippen LogP contribution is 2.12. The second-order valence-electron chi connectivity index (χ2n) is 3.38. The lowest BCUT2D eigenvalue weighted by Gasteiger charge is -2.14. The van der Waals surface area contributed by atoms with Crippen LogP contribution in [0, 0.1) is 0 Å². The molecule has 0 amide bonds. The smallest absolute Gasteiger partial charge is 0.336 e. The van der Waals surface area contributed by atoms with Gasteiger partial charge in [-0.25, -0.2) is 14.6 Å². The Balaban J connectivity index is 3.81. The summed E-state index contributed by atoms with van der Waals surface area (Å²) in [5.74, 6) is -1.23. The van der Waals surface area contributed by atoms with Crippen LogP contribution in [0.2, 0.25) is 0 Å². The molecule has 0 saturated heterocycles. The molecule has 0 fully saturated rings. The SMILES string of the molecule is CCCCC(CCC(OO)C(=O)O)OO. The summed E-state index contributed by atoms with van der Waals surface area (Å²) >= 11 is 0. The van der Waals surface area contributed by atoms with Gasteiger partial charge < -0.3 is 5.11 Å². The molecule has 2 unspecified atom stereocenters. The first-order valence-corrected chi connectivity index (χ1v) is 4.98. The quantitative estimate of drug-likeness (QED) is 0.406. The van der Waals surface area contributed by atoms with Crippen LogP contribution < -0.4 is 0 Å². The number of carboxylic acid groups (broad SMARTS) is 1. The van der Waals surface area contributed by atoms with E-state index in [0.717, 1.165) is 12.8 Å². The maximum atomic E-state index is 10.5. The normalized spacial score (nSPS) is 14.9. The molecule has 0 heterocycles. The maximum Gasteiger partial charge on any atom is 0.336 e. The third-order valence-corrected chi connectivity index (χ3v) is 2.18. The van der Waals surface area contributed by atoms with Gasteiger partial charge in [-0.15, -0.1) is 0 Å². The summed E-state index contributed by atoms with van der Waals surface area (Å²) in [5.41, 5.74) is 0. The van der Waals surface area contributed by atoms with Gasteiger partial charge in [-0.05, 0) is 19.3 Å². The minimum atomic E-state index is -1.26. The number of unbranched alkanes of at least 4 members (excludes halogenated alkanes) is 1. The Hall–Kier alpha value is -0.690. The van der Waals surface area contributed by atoms with Gasteiger partial charge in [0, 0.05) is 0 Å². The van der Waals surface area contributed by atoms with Gasteiger partial charge in [-0.1, -0.05) is 19.8 Å². The van der Waals surface area contributed by atoms with Crippen LogP contribution in [0.5, 0.6) is 0 Å². The van der Waals surface area contributed by atoms with Gasteiger partial charge in [0.25, 0.3) is 0 Å². The van der Waals surface area contributed by atoms with Crippen molar-refractivity contribution < 1.29 is 30.2 Å². The van der Waals surface area contributed by atoms with Crippen LogP contribution in [-0.4, -0.2) is 33.8 Å². The first-order chi connectivity index (χ1) is 7.15. The fourth-order valence-electron chi connectivity index (χ4n) is 1.24. The van der Waals surface area contributed by atoms with E-state index in [2.05, 4.69) is 9.78 Å². The lowest BCUT2D eigenvalue weighted by molar-refractivity contribution is -0.293. The minimum Gasteiger partial charge on any atom is -0.479 e. The van der Waals surface area contributed by atoms with Gasteiger partial charge in [0.1, 0.15) is 0 Å². The number of carbonyl (C=O) groups is 1. The first kappa shape index (κ1) is 14.3. The van der Waals surface area contributed by atoms with Gasteiger partial charge in [-0.2, -0.15) is 0 Å². The molecule has 0 aliphatic rings. The molecule has 6 heteroatoms. The van der Waals surface area contributed by atoms with E-state index in [-0.39, 0.29) is 6.42 Å². The van der Waals surface area contributed by atoms with Crippen LogP contribution >= 0.6 is 0 Å². The van der Waals surface area contributed by atoms with E-state index in [1.54, 1.807) is 0 Å². The highest BCUT2D eigenvalue weighted by atomic mass is 17.1. The molecule has 0 aliphatic heterocycles. The molecule has 0 bridgehead atoms. The summed E-state index contributed by atoms with van der Waals surface area (Å²) in [6.07, 6.45) is 1.28. The standard InChI is InChI=1S/C9H18O6/c1-2-3-4-7(14-12)5-6-8(15-13)9(10)11/h7-8,12-13H,2-6H2,1H3,(H,10,11). The molecule has 0 rings (SSSR count). The lowest BCUT2D eigenvalue weighted by atomic mass is 10.1. The van der Waals surface area contributed by atoms with Gasteiger partial charge >= 0.3 is 5.97 Å². The zero-order valence-electron chi connectivity index (χ0n) is 8.76. The Morgan fingerprint density at radius 3 is 2.27 bits per heavy atom. The minimum absolute atomic E-state index is 0.0980. The van der Waals surface area contributed by atoms with E-state index in [9.17, 15) is 4.79 Å². The van der Waals surface area contributed by atoms with E-state index in [1.165, 1.54) is 0 Å². The van der Waals surface area contributed by atoms with Crippen LogP contribution in [0.4, 0.5) is 0 Å². The highest BCUT2D eigenvalue weighted by molar-refractivity contribution is 5.72. The summed E-state index contributed by atoms with van der Waals surface area (Å²) in [6, 6.07) is 0. The molecule has 6 nitrogen and oxygen atoms in total. The third-order valence-electron chi connectivity index (χ3n) is 2.18. The van der Waals surface area contributed by atoms with Crippen LogP contribution in [0.15, 0.2) is 0 Å². The van der Waals surface area contributed by atoms with Crippen molar-refractivity contribution in [3.05, 3.63) is 0 Å². The topological polar surface area (TPSA) is 96.2 Å². The van der Waals surface area contributed by atoms with E-state index in [1.807, 2.05) is 6.92 Å². The van der Waals surface area contributed by atoms with Crippen LogP contribution in [0.1, 0.15) is 39.0 Å². The van der Waals surface area contributed by atoms with Crippen molar-refractivity contribution in [2.24, 2.45) is 0 Å². The Morgan fingerprint density at radius 1 is 1.20 bits per heavy atom. The van der Waals surface area contributed by atoms with Crippen molar-refractivity contribution in [1.82, 2.24) is 0 Å². The Labute approximate surface area is 88.3 Å². The van der Waals surface area contributed by atoms with Crippen molar-refractivity contribution in [3.8, 4) is 0 Å². The molecular formula is C9H18O6. The van der Waals surface area contributed by atoms with Crippen LogP contribution in [-0.2, 0) is 14.6 Å². The molecule has 0 saturated carbocycles. The van der Waals surface area contributed by atoms with Crippen LogP contribution in [0.25, 0.3) is 0 Å². The molecule has 0 radical (unpaired) electrons. The molecule has 3 N–H and O–H groups in total. The predicted octanol–water partition coefficient (Wildman–Crippen LogP) is 1.76. The molecule has 90 valence electrons. The zero-order chi connectivity index (χ0) is 11.7. The number of carboxylic acids is 1. The van der Waals surface area contributed by atoms with Crippen LogP contribution in [0.3, 0.4) is 0 Å². The summed E-state index contributed by atoms with van der Waals surface area (Å²) < 4.78 is 0. The Kier molecular flexibility index (Phi) is 8.21.